The van der Waals surface area contributed by atoms with Crippen LogP contribution in [0, 0.1) is 0 Å². The molecular formula is C60H51N. The molecule has 8 aromatic rings. The van der Waals surface area contributed by atoms with Crippen molar-refractivity contribution in [2.24, 2.45) is 5.73 Å². The van der Waals surface area contributed by atoms with Gasteiger partial charge in [0.2, 0.25) is 0 Å². The van der Waals surface area contributed by atoms with E-state index < -0.39 is 0 Å². The van der Waals surface area contributed by atoms with E-state index in [4.69, 9.17) is 5.73 Å². The van der Waals surface area contributed by atoms with Gasteiger partial charge in [0.15, 0.2) is 0 Å². The first-order chi connectivity index (χ1) is 30.1. The summed E-state index contributed by atoms with van der Waals surface area (Å²) in [4.78, 5) is 0. The highest BCUT2D eigenvalue weighted by Crippen LogP contribution is 2.42. The molecule has 0 aliphatic heterocycles. The van der Waals surface area contributed by atoms with Crippen molar-refractivity contribution < 1.29 is 0 Å². The number of benzene rings is 8. The summed E-state index contributed by atoms with van der Waals surface area (Å²) in [5.74, 6) is 0. The molecule has 0 aliphatic rings. The van der Waals surface area contributed by atoms with E-state index in [1.165, 1.54) is 38.9 Å². The second kappa shape index (κ2) is 21.4. The smallest absolute Gasteiger partial charge is 0.00268 e. The molecule has 2 N–H and O–H groups in total. The van der Waals surface area contributed by atoms with E-state index in [9.17, 15) is 0 Å². The molecule has 8 rings (SSSR count). The van der Waals surface area contributed by atoms with Crippen LogP contribution in [0.25, 0.3) is 67.8 Å². The van der Waals surface area contributed by atoms with Crippen molar-refractivity contribution in [3.8, 4) is 44.5 Å². The molecule has 0 heterocycles. The number of allylic oxidation sites excluding steroid dienone is 6. The fourth-order valence-corrected chi connectivity index (χ4v) is 7.40. The van der Waals surface area contributed by atoms with Gasteiger partial charge in [-0.1, -0.05) is 238 Å². The summed E-state index contributed by atoms with van der Waals surface area (Å²) in [5, 5.41) is 0. The lowest BCUT2D eigenvalue weighted by Crippen LogP contribution is -1.95. The lowest BCUT2D eigenvalue weighted by Gasteiger charge is -2.18. The maximum atomic E-state index is 4.85. The van der Waals surface area contributed by atoms with Crippen LogP contribution in [0.2, 0.25) is 0 Å². The molecule has 1 nitrogen and oxygen atoms in total. The third kappa shape index (κ3) is 11.1. The third-order valence-electron chi connectivity index (χ3n) is 10.2. The Hall–Kier alpha value is -7.58. The minimum atomic E-state index is 0.750. The van der Waals surface area contributed by atoms with Crippen molar-refractivity contribution in [2.75, 3.05) is 6.54 Å². The van der Waals surface area contributed by atoms with Gasteiger partial charge < -0.3 is 5.73 Å². The fourth-order valence-electron chi connectivity index (χ4n) is 7.40. The van der Waals surface area contributed by atoms with Crippen LogP contribution in [0.3, 0.4) is 0 Å². The van der Waals surface area contributed by atoms with Crippen LogP contribution in [0.15, 0.2) is 249 Å². The zero-order valence-corrected chi connectivity index (χ0v) is 34.7. The summed E-state index contributed by atoms with van der Waals surface area (Å²) in [6.45, 7) is 7.18. The predicted molar refractivity (Wildman–Crippen MR) is 266 cm³/mol. The molecule has 0 aliphatic carbocycles. The van der Waals surface area contributed by atoms with Crippen molar-refractivity contribution in [2.45, 2.75) is 6.92 Å². The Morgan fingerprint density at radius 3 is 1.48 bits per heavy atom. The minimum absolute atomic E-state index is 0.750. The van der Waals surface area contributed by atoms with Gasteiger partial charge in [0.1, 0.15) is 0 Å². The maximum Gasteiger partial charge on any atom is -0.00268 e. The largest absolute Gasteiger partial charge is 0.331 e. The molecule has 0 aromatic heterocycles. The first kappa shape index (κ1) is 41.6. The van der Waals surface area contributed by atoms with Gasteiger partial charge in [0.25, 0.3) is 0 Å². The first-order valence-electron chi connectivity index (χ1n) is 20.9. The van der Waals surface area contributed by atoms with Gasteiger partial charge in [0.05, 0.1) is 0 Å². The Morgan fingerprint density at radius 1 is 0.410 bits per heavy atom. The lowest BCUT2D eigenvalue weighted by molar-refractivity contribution is 1.14. The first-order valence-corrected chi connectivity index (χ1v) is 20.9. The molecule has 0 atom stereocenters. The van der Waals surface area contributed by atoms with E-state index in [1.807, 2.05) is 13.0 Å². The van der Waals surface area contributed by atoms with Gasteiger partial charge in [0, 0.05) is 0 Å². The standard InChI is InChI=1S/C58H44.C2H7N/c1-44(47-26-11-4-12-27-47)39-57(50-32-17-7-18-33-50)54-42-46(24-10-3-2-9-23-45-25-21-36-52(40-45)48-28-13-5-14-29-48)41-53(43-54)56-38-22-37-55(49-30-15-6-16-31-49)58(56)51-34-19-8-20-35-51;1-2-3/h2-43H,1H2;2-3H2,1H3/b3-2-,23-9+,24-10+,57-39-;. The fraction of sp³-hybridized carbons (Fsp3) is 0.0333. The average molecular weight is 786 g/mol. The number of hydrogen-bond donors (Lipinski definition) is 1. The maximum absolute atomic E-state index is 4.85. The van der Waals surface area contributed by atoms with E-state index in [-0.39, 0.29) is 0 Å². The summed E-state index contributed by atoms with van der Waals surface area (Å²) in [6.07, 6.45) is 15.0. The summed E-state index contributed by atoms with van der Waals surface area (Å²) < 4.78 is 0. The van der Waals surface area contributed by atoms with Crippen LogP contribution in [0.1, 0.15) is 34.7 Å². The van der Waals surface area contributed by atoms with E-state index in [2.05, 4.69) is 255 Å². The highest BCUT2D eigenvalue weighted by Gasteiger charge is 2.16. The number of nitrogens with two attached hydrogens (primary N) is 1. The van der Waals surface area contributed by atoms with Crippen molar-refractivity contribution in [1.82, 2.24) is 0 Å². The molecular weight excluding hydrogens is 735 g/mol. The van der Waals surface area contributed by atoms with Crippen LogP contribution in [-0.4, -0.2) is 6.54 Å². The monoisotopic (exact) mass is 785 g/mol. The molecule has 0 fully saturated rings. The normalized spacial score (nSPS) is 11.5. The molecule has 0 amide bonds. The van der Waals surface area contributed by atoms with Crippen LogP contribution in [-0.2, 0) is 0 Å². The van der Waals surface area contributed by atoms with Crippen molar-refractivity contribution in [1.29, 1.82) is 0 Å². The number of hydrogen-bond acceptors (Lipinski definition) is 1. The van der Waals surface area contributed by atoms with Crippen LogP contribution in [0.4, 0.5) is 0 Å². The lowest BCUT2D eigenvalue weighted by atomic mass is 9.85. The highest BCUT2D eigenvalue weighted by molar-refractivity contribution is 5.97. The SMILES string of the molecule is C=C(/C=C(/c1ccccc1)c1cc(/C=C/C=C\C=C\c2cccc(-c3ccccc3)c2)cc(-c2cccc(-c3ccccc3)c2-c2ccccc2)c1)c1ccccc1.CCN. The molecule has 0 radical (unpaired) electrons. The van der Waals surface area contributed by atoms with Gasteiger partial charge >= 0.3 is 0 Å². The molecule has 0 saturated heterocycles. The molecule has 0 bridgehead atoms. The van der Waals surface area contributed by atoms with Crippen LogP contribution < -0.4 is 5.73 Å². The molecule has 61 heavy (non-hydrogen) atoms. The predicted octanol–water partition coefficient (Wildman–Crippen LogP) is 15.7. The van der Waals surface area contributed by atoms with Gasteiger partial charge in [-0.2, -0.15) is 0 Å². The Kier molecular flexibility index (Phi) is 14.6. The summed E-state index contributed by atoms with van der Waals surface area (Å²) >= 11 is 0. The quantitative estimate of drug-likeness (QED) is 0.123. The van der Waals surface area contributed by atoms with Gasteiger partial charge in [-0.05, 0) is 120 Å². The van der Waals surface area contributed by atoms with E-state index in [1.54, 1.807) is 0 Å². The molecule has 0 saturated carbocycles. The molecule has 1 heteroatoms. The second-order valence-electron chi connectivity index (χ2n) is 14.6. The van der Waals surface area contributed by atoms with E-state index in [0.29, 0.717) is 0 Å². The van der Waals surface area contributed by atoms with Crippen molar-refractivity contribution in [3.63, 3.8) is 0 Å². The van der Waals surface area contributed by atoms with E-state index >= 15 is 0 Å². The minimum Gasteiger partial charge on any atom is -0.331 e. The van der Waals surface area contributed by atoms with Crippen LogP contribution in [0.5, 0.6) is 0 Å². The summed E-state index contributed by atoms with van der Waals surface area (Å²) in [7, 11) is 0. The van der Waals surface area contributed by atoms with Gasteiger partial charge in [-0.3, -0.25) is 0 Å². The summed E-state index contributed by atoms with van der Waals surface area (Å²) in [6, 6.07) is 75.3. The third-order valence-corrected chi connectivity index (χ3v) is 10.2. The zero-order chi connectivity index (χ0) is 42.1. The van der Waals surface area contributed by atoms with Crippen LogP contribution >= 0.6 is 0 Å². The highest BCUT2D eigenvalue weighted by atomic mass is 14.5. The number of rotatable bonds is 12. The van der Waals surface area contributed by atoms with Gasteiger partial charge in [-0.25, -0.2) is 0 Å². The summed E-state index contributed by atoms with van der Waals surface area (Å²) in [5.41, 5.74) is 22.1. The molecule has 0 spiro atoms. The zero-order valence-electron chi connectivity index (χ0n) is 34.7. The van der Waals surface area contributed by atoms with E-state index in [0.717, 1.165) is 51.1 Å². The Morgan fingerprint density at radius 2 is 0.869 bits per heavy atom. The Labute approximate surface area is 362 Å². The molecule has 8 aromatic carbocycles. The molecule has 0 unspecified atom stereocenters. The average Bonchev–Trinajstić information content (AvgIpc) is 3.33. The second-order valence-corrected chi connectivity index (χ2v) is 14.6. The van der Waals surface area contributed by atoms with Gasteiger partial charge in [-0.15, -0.1) is 0 Å². The molecule has 296 valence electrons. The van der Waals surface area contributed by atoms with Crippen molar-refractivity contribution >= 4 is 23.3 Å². The Bertz CT molecular complexity index is 2760. The Balaban J connectivity index is 0.00000182. The van der Waals surface area contributed by atoms with Crippen molar-refractivity contribution in [3.05, 3.63) is 277 Å². The topological polar surface area (TPSA) is 26.0 Å².